The van der Waals surface area contributed by atoms with Gasteiger partial charge in [0.15, 0.2) is 0 Å². The molecule has 5 aliphatic rings. The molecule has 2 aliphatic carbocycles. The number of aliphatic imine (C=N–C) groups is 1. The Bertz CT molecular complexity index is 2040. The van der Waals surface area contributed by atoms with Crippen molar-refractivity contribution in [3.8, 4) is 0 Å². The number of halogens is 3. The van der Waals surface area contributed by atoms with Gasteiger partial charge in [-0.25, -0.2) is 18.4 Å². The largest absolute Gasteiger partial charge is 0.416 e. The number of anilines is 2. The lowest BCUT2D eigenvalue weighted by atomic mass is 9.83. The number of alkyl halides is 3. The summed E-state index contributed by atoms with van der Waals surface area (Å²) in [6, 6.07) is 8.78. The van der Waals surface area contributed by atoms with Gasteiger partial charge in [0.05, 0.1) is 22.1 Å². The molecule has 0 radical (unpaired) electrons. The van der Waals surface area contributed by atoms with E-state index in [0.29, 0.717) is 54.3 Å². The second kappa shape index (κ2) is 13.1. The van der Waals surface area contributed by atoms with E-state index >= 15 is 0 Å². The third-order valence-corrected chi connectivity index (χ3v) is 12.3. The van der Waals surface area contributed by atoms with Crippen molar-refractivity contribution in [2.24, 2.45) is 4.99 Å². The highest BCUT2D eigenvalue weighted by Crippen LogP contribution is 2.42. The molecule has 284 valence electrons. The number of hydrogen-bond donors (Lipinski definition) is 3. The number of guanidine groups is 1. The number of piperazine rings is 1. The summed E-state index contributed by atoms with van der Waals surface area (Å²) in [6.45, 7) is 4.33. The Hall–Kier alpha value is -5.00. The molecule has 2 aromatic carbocycles. The maximum atomic E-state index is 14.4. The lowest BCUT2D eigenvalue weighted by Crippen LogP contribution is -2.67. The highest BCUT2D eigenvalue weighted by Gasteiger charge is 2.54. The molecule has 3 amide bonds. The van der Waals surface area contributed by atoms with Crippen molar-refractivity contribution in [2.45, 2.75) is 63.2 Å². The number of benzene rings is 2. The molecule has 18 heteroatoms. The van der Waals surface area contributed by atoms with Crippen LogP contribution in [-0.2, 0) is 38.6 Å². The minimum absolute atomic E-state index is 0.189. The van der Waals surface area contributed by atoms with Crippen LogP contribution in [0.1, 0.15) is 60.2 Å². The molecular weight excluding hydrogens is 716 g/mol. The van der Waals surface area contributed by atoms with E-state index in [2.05, 4.69) is 15.5 Å². The number of hydrazine groups is 1. The smallest absolute Gasteiger partial charge is 0.362 e. The molecule has 53 heavy (non-hydrogen) atoms. The fourth-order valence-electron chi connectivity index (χ4n) is 7.37. The van der Waals surface area contributed by atoms with Crippen LogP contribution in [0.4, 0.5) is 24.5 Å². The molecule has 1 unspecified atom stereocenters. The Morgan fingerprint density at radius 1 is 1.02 bits per heavy atom. The second-order valence-corrected chi connectivity index (χ2v) is 16.1. The first kappa shape index (κ1) is 36.4. The van der Waals surface area contributed by atoms with Crippen LogP contribution in [0.3, 0.4) is 0 Å². The molecule has 1 saturated carbocycles. The van der Waals surface area contributed by atoms with Crippen LogP contribution < -0.4 is 15.5 Å². The molecule has 0 spiro atoms. The molecule has 1 atom stereocenters. The van der Waals surface area contributed by atoms with E-state index in [4.69, 9.17) is 4.99 Å². The molecule has 0 bridgehead atoms. The molecule has 1 saturated heterocycles. The Balaban J connectivity index is 1.13. The van der Waals surface area contributed by atoms with E-state index in [0.717, 1.165) is 6.07 Å². The first-order valence-corrected chi connectivity index (χ1v) is 19.1. The van der Waals surface area contributed by atoms with Gasteiger partial charge >= 0.3 is 6.18 Å². The topological polar surface area (TPSA) is 150 Å². The summed E-state index contributed by atoms with van der Waals surface area (Å²) in [5, 5.41) is 3.73. The normalized spacial score (nSPS) is 21.4. The van der Waals surface area contributed by atoms with E-state index in [9.17, 15) is 36.0 Å². The number of amides is 3. The quantitative estimate of drug-likeness (QED) is 0.351. The van der Waals surface area contributed by atoms with Crippen molar-refractivity contribution in [1.82, 2.24) is 30.0 Å². The van der Waals surface area contributed by atoms with E-state index in [1.54, 1.807) is 60.0 Å². The number of nitrogens with zero attached hydrogens (tertiary/aromatic N) is 6. The highest BCUT2D eigenvalue weighted by molar-refractivity contribution is 7.93. The molecule has 14 nitrogen and oxygen atoms in total. The minimum Gasteiger partial charge on any atom is -0.362 e. The van der Waals surface area contributed by atoms with Gasteiger partial charge in [0.1, 0.15) is 12.2 Å². The number of carbonyl (C=O) groups excluding carboxylic acids is 3. The van der Waals surface area contributed by atoms with Crippen molar-refractivity contribution < 1.29 is 36.0 Å². The Kier molecular flexibility index (Phi) is 9.01. The first-order valence-electron chi connectivity index (χ1n) is 17.6. The summed E-state index contributed by atoms with van der Waals surface area (Å²) in [6.07, 6.45) is -2.29. The summed E-state index contributed by atoms with van der Waals surface area (Å²) in [5.74, 6) is -2.17. The van der Waals surface area contributed by atoms with Crippen molar-refractivity contribution in [3.05, 3.63) is 70.0 Å². The molecule has 0 aromatic heterocycles. The van der Waals surface area contributed by atoms with Gasteiger partial charge in [-0.1, -0.05) is 19.1 Å². The van der Waals surface area contributed by atoms with Gasteiger partial charge in [0, 0.05) is 58.6 Å². The highest BCUT2D eigenvalue weighted by atomic mass is 32.2. The van der Waals surface area contributed by atoms with Crippen LogP contribution >= 0.6 is 0 Å². The van der Waals surface area contributed by atoms with Crippen molar-refractivity contribution in [3.63, 3.8) is 0 Å². The van der Waals surface area contributed by atoms with Crippen molar-refractivity contribution in [2.75, 3.05) is 56.9 Å². The number of fused-ring (bicyclic) bond motifs is 2. The van der Waals surface area contributed by atoms with Crippen LogP contribution in [0.25, 0.3) is 0 Å². The number of rotatable bonds is 9. The van der Waals surface area contributed by atoms with Crippen molar-refractivity contribution in [1.29, 1.82) is 0 Å². The molecule has 3 heterocycles. The number of carbonyl (C=O) groups is 3. The number of para-hydroxylation sites is 1. The minimum atomic E-state index is -4.49. The molecule has 3 N–H and O–H groups in total. The van der Waals surface area contributed by atoms with Crippen LogP contribution in [0.2, 0.25) is 0 Å². The molecular formula is C35H42F3N9O5S. The second-order valence-electron chi connectivity index (χ2n) is 14.1. The van der Waals surface area contributed by atoms with Crippen LogP contribution in [0.15, 0.2) is 52.8 Å². The number of sulfonamides is 1. The predicted octanol–water partition coefficient (Wildman–Crippen LogP) is 2.98. The number of allylic oxidation sites excluding steroid dienone is 1. The van der Waals surface area contributed by atoms with E-state index in [-0.39, 0.29) is 67.8 Å². The summed E-state index contributed by atoms with van der Waals surface area (Å²) >= 11 is 0. The van der Waals surface area contributed by atoms with Crippen molar-refractivity contribution >= 4 is 45.1 Å². The van der Waals surface area contributed by atoms with Gasteiger partial charge in [0.2, 0.25) is 27.7 Å². The summed E-state index contributed by atoms with van der Waals surface area (Å²) < 4.78 is 68.6. The maximum Gasteiger partial charge on any atom is 0.416 e. The third-order valence-electron chi connectivity index (χ3n) is 10.4. The summed E-state index contributed by atoms with van der Waals surface area (Å²) in [4.78, 5) is 53.6. The lowest BCUT2D eigenvalue weighted by molar-refractivity contribution is -0.150. The first-order chi connectivity index (χ1) is 25.0. The molecule has 2 fully saturated rings. The fraction of sp³-hybridized carbons (Fsp3) is 0.486. The Morgan fingerprint density at radius 2 is 1.70 bits per heavy atom. The van der Waals surface area contributed by atoms with Gasteiger partial charge < -0.3 is 24.9 Å². The predicted molar refractivity (Wildman–Crippen MR) is 190 cm³/mol. The van der Waals surface area contributed by atoms with Gasteiger partial charge in [-0.2, -0.15) is 13.2 Å². The average Bonchev–Trinajstić information content (AvgIpc) is 3.88. The molecule has 3 aliphatic heterocycles. The lowest BCUT2D eigenvalue weighted by Gasteiger charge is -2.50. The van der Waals surface area contributed by atoms with Crippen LogP contribution in [0.5, 0.6) is 0 Å². The van der Waals surface area contributed by atoms with Gasteiger partial charge in [-0.15, -0.1) is 0 Å². The Labute approximate surface area is 305 Å². The third kappa shape index (κ3) is 6.50. The van der Waals surface area contributed by atoms with Gasteiger partial charge in [-0.3, -0.25) is 24.5 Å². The monoisotopic (exact) mass is 757 g/mol. The van der Waals surface area contributed by atoms with E-state index < -0.39 is 38.7 Å². The number of hydrogen-bond acceptors (Lipinski definition) is 10. The van der Waals surface area contributed by atoms with Gasteiger partial charge in [0.25, 0.3) is 11.8 Å². The van der Waals surface area contributed by atoms with Crippen LogP contribution in [-0.4, -0.2) is 115 Å². The fourth-order valence-corrected chi connectivity index (χ4v) is 8.78. The Morgan fingerprint density at radius 3 is 2.30 bits per heavy atom. The zero-order valence-electron chi connectivity index (χ0n) is 29.9. The molecule has 7 rings (SSSR count). The zero-order chi connectivity index (χ0) is 38.0. The summed E-state index contributed by atoms with van der Waals surface area (Å²) in [7, 11) is -0.0736. The standard InChI is InChI=1S/C35H42F3N9O5S/c1-5-28-30(44-16-18-45(19-17-44)31(49)24-8-6-7-9-27(24)42-53(51,52)21-10-11-21)32(50)47-34(2,40-33(41-47)43(3)4)46(28)20-29(48)39-26-15-14-25(35(36,37)38)22-12-13-23(22)26/h6-9,14-15,21,42H,5,10-13,16-20H2,1-4H3,(H,39,48)(H,40,41). The number of nitrogens with one attached hydrogen (secondary N) is 3. The van der Waals surface area contributed by atoms with E-state index in [1.807, 2.05) is 11.8 Å². The van der Waals surface area contributed by atoms with Gasteiger partial charge in [-0.05, 0) is 67.5 Å². The zero-order valence-corrected chi connectivity index (χ0v) is 30.7. The maximum absolute atomic E-state index is 14.4. The van der Waals surface area contributed by atoms with Crippen LogP contribution in [0, 0.1) is 0 Å². The SMILES string of the molecule is CCC1=C(N2CCN(C(=O)c3ccccc3NS(=O)(=O)C3CC3)CC2)C(=O)N2NC(N(C)C)=NC2(C)N1CC(=O)Nc1ccc(C(F)(F)F)c2c1CC2. The molecule has 2 aromatic rings. The summed E-state index contributed by atoms with van der Waals surface area (Å²) in [5.41, 5.74) is 4.71. The average molecular weight is 758 g/mol. The van der Waals surface area contributed by atoms with E-state index in [1.165, 1.54) is 11.1 Å².